The standard InChI is InChI=1S/C15H13Br2FO2/c1-2-20-13-7-6-9(8-11(13)17)15(19)14-10(16)4-3-5-12(14)18/h3-8,15,19H,2H2,1H3. The molecule has 0 bridgehead atoms. The second-order valence-corrected chi connectivity index (χ2v) is 5.87. The van der Waals surface area contributed by atoms with E-state index in [2.05, 4.69) is 31.9 Å². The first-order chi connectivity index (χ1) is 9.54. The number of aliphatic hydroxyl groups excluding tert-OH is 1. The van der Waals surface area contributed by atoms with Gasteiger partial charge in [-0.2, -0.15) is 0 Å². The number of hydrogen-bond donors (Lipinski definition) is 1. The van der Waals surface area contributed by atoms with Crippen molar-refractivity contribution in [1.29, 1.82) is 0 Å². The molecule has 0 heterocycles. The van der Waals surface area contributed by atoms with Crippen LogP contribution in [0.3, 0.4) is 0 Å². The second-order valence-electron chi connectivity index (χ2n) is 4.16. The van der Waals surface area contributed by atoms with Crippen LogP contribution in [0.25, 0.3) is 0 Å². The van der Waals surface area contributed by atoms with Gasteiger partial charge in [-0.15, -0.1) is 0 Å². The number of ether oxygens (including phenoxy) is 1. The van der Waals surface area contributed by atoms with Crippen LogP contribution in [0, 0.1) is 5.82 Å². The van der Waals surface area contributed by atoms with Crippen molar-refractivity contribution in [3.63, 3.8) is 0 Å². The monoisotopic (exact) mass is 402 g/mol. The lowest BCUT2D eigenvalue weighted by molar-refractivity contribution is 0.214. The fourth-order valence-corrected chi connectivity index (χ4v) is 2.97. The zero-order valence-corrected chi connectivity index (χ0v) is 13.9. The molecule has 1 N–H and O–H groups in total. The summed E-state index contributed by atoms with van der Waals surface area (Å²) >= 11 is 6.65. The minimum absolute atomic E-state index is 0.226. The number of rotatable bonds is 4. The van der Waals surface area contributed by atoms with Gasteiger partial charge >= 0.3 is 0 Å². The van der Waals surface area contributed by atoms with Crippen molar-refractivity contribution in [2.24, 2.45) is 0 Å². The van der Waals surface area contributed by atoms with E-state index in [-0.39, 0.29) is 5.56 Å². The second kappa shape index (κ2) is 6.70. The summed E-state index contributed by atoms with van der Waals surface area (Å²) < 4.78 is 20.5. The van der Waals surface area contributed by atoms with Crippen LogP contribution < -0.4 is 4.74 Å². The van der Waals surface area contributed by atoms with Gasteiger partial charge in [0.05, 0.1) is 11.1 Å². The van der Waals surface area contributed by atoms with E-state index in [1.165, 1.54) is 6.07 Å². The predicted octanol–water partition coefficient (Wildman–Crippen LogP) is 4.83. The summed E-state index contributed by atoms with van der Waals surface area (Å²) in [6, 6.07) is 9.82. The van der Waals surface area contributed by atoms with Crippen molar-refractivity contribution in [2.45, 2.75) is 13.0 Å². The lowest BCUT2D eigenvalue weighted by Gasteiger charge is -2.15. The molecule has 1 unspecified atom stereocenters. The van der Waals surface area contributed by atoms with Gasteiger partial charge in [-0.05, 0) is 52.7 Å². The SMILES string of the molecule is CCOc1ccc(C(O)c2c(F)cccc2Br)cc1Br. The van der Waals surface area contributed by atoms with Gasteiger partial charge in [-0.25, -0.2) is 4.39 Å². The van der Waals surface area contributed by atoms with Crippen LogP contribution in [0.2, 0.25) is 0 Å². The van der Waals surface area contributed by atoms with Crippen molar-refractivity contribution in [2.75, 3.05) is 6.61 Å². The Morgan fingerprint density at radius 2 is 1.95 bits per heavy atom. The minimum atomic E-state index is -1.04. The van der Waals surface area contributed by atoms with E-state index in [0.29, 0.717) is 22.4 Å². The fraction of sp³-hybridized carbons (Fsp3) is 0.200. The van der Waals surface area contributed by atoms with Gasteiger partial charge in [0.2, 0.25) is 0 Å². The first-order valence-electron chi connectivity index (χ1n) is 6.08. The maximum Gasteiger partial charge on any atom is 0.133 e. The van der Waals surface area contributed by atoms with Gasteiger partial charge in [0.25, 0.3) is 0 Å². The predicted molar refractivity (Wildman–Crippen MR) is 83.5 cm³/mol. The highest BCUT2D eigenvalue weighted by Crippen LogP contribution is 2.34. The van der Waals surface area contributed by atoms with Crippen molar-refractivity contribution in [3.05, 3.63) is 62.3 Å². The molecule has 0 amide bonds. The number of aliphatic hydroxyl groups is 1. The molecule has 20 heavy (non-hydrogen) atoms. The van der Waals surface area contributed by atoms with E-state index >= 15 is 0 Å². The molecule has 2 aromatic carbocycles. The van der Waals surface area contributed by atoms with E-state index in [1.807, 2.05) is 6.92 Å². The lowest BCUT2D eigenvalue weighted by Crippen LogP contribution is -2.04. The highest BCUT2D eigenvalue weighted by molar-refractivity contribution is 9.10. The third-order valence-corrected chi connectivity index (χ3v) is 4.16. The van der Waals surface area contributed by atoms with E-state index in [0.717, 1.165) is 4.47 Å². The van der Waals surface area contributed by atoms with Crippen molar-refractivity contribution < 1.29 is 14.2 Å². The van der Waals surface area contributed by atoms with Crippen molar-refractivity contribution in [1.82, 2.24) is 0 Å². The average Bonchev–Trinajstić information content (AvgIpc) is 2.41. The molecule has 0 aromatic heterocycles. The molecule has 0 spiro atoms. The van der Waals surface area contributed by atoms with Crippen LogP contribution in [0.4, 0.5) is 4.39 Å². The summed E-state index contributed by atoms with van der Waals surface area (Å²) in [5, 5.41) is 10.4. The smallest absolute Gasteiger partial charge is 0.133 e. The van der Waals surface area contributed by atoms with Crippen LogP contribution in [-0.2, 0) is 0 Å². The molecule has 1 atom stereocenters. The van der Waals surface area contributed by atoms with E-state index in [1.54, 1.807) is 30.3 Å². The van der Waals surface area contributed by atoms with E-state index in [9.17, 15) is 9.50 Å². The summed E-state index contributed by atoms with van der Waals surface area (Å²) in [4.78, 5) is 0. The van der Waals surface area contributed by atoms with Crippen LogP contribution in [0.1, 0.15) is 24.2 Å². The molecule has 0 aliphatic heterocycles. The fourth-order valence-electron chi connectivity index (χ4n) is 1.90. The molecule has 0 saturated heterocycles. The molecule has 0 fully saturated rings. The summed E-state index contributed by atoms with van der Waals surface area (Å²) in [7, 11) is 0. The Morgan fingerprint density at radius 3 is 2.55 bits per heavy atom. The quantitative estimate of drug-likeness (QED) is 0.791. The molecule has 106 valence electrons. The van der Waals surface area contributed by atoms with Gasteiger partial charge in [0, 0.05) is 10.0 Å². The third-order valence-electron chi connectivity index (χ3n) is 2.84. The summed E-state index contributed by atoms with van der Waals surface area (Å²) in [5.41, 5.74) is 0.815. The molecular formula is C15H13Br2FO2. The van der Waals surface area contributed by atoms with Crippen LogP contribution in [-0.4, -0.2) is 11.7 Å². The maximum absolute atomic E-state index is 13.9. The first kappa shape index (κ1) is 15.5. The highest BCUT2D eigenvalue weighted by Gasteiger charge is 2.19. The minimum Gasteiger partial charge on any atom is -0.493 e. The average molecular weight is 404 g/mol. The van der Waals surface area contributed by atoms with Gasteiger partial charge < -0.3 is 9.84 Å². The summed E-state index contributed by atoms with van der Waals surface area (Å²) in [5.74, 6) is 0.243. The Kier molecular flexibility index (Phi) is 5.18. The zero-order valence-electron chi connectivity index (χ0n) is 10.7. The largest absolute Gasteiger partial charge is 0.493 e. The third kappa shape index (κ3) is 3.22. The Bertz CT molecular complexity index is 597. The Hall–Kier alpha value is -0.910. The number of hydrogen-bond acceptors (Lipinski definition) is 2. The number of benzene rings is 2. The molecule has 5 heteroatoms. The molecule has 2 rings (SSSR count). The molecule has 2 nitrogen and oxygen atoms in total. The lowest BCUT2D eigenvalue weighted by atomic mass is 10.0. The van der Waals surface area contributed by atoms with Gasteiger partial charge in [-0.1, -0.05) is 28.1 Å². The molecule has 0 aliphatic carbocycles. The van der Waals surface area contributed by atoms with Gasteiger partial charge in [-0.3, -0.25) is 0 Å². The van der Waals surface area contributed by atoms with E-state index < -0.39 is 11.9 Å². The van der Waals surface area contributed by atoms with Crippen LogP contribution in [0.15, 0.2) is 45.3 Å². The van der Waals surface area contributed by atoms with Gasteiger partial charge in [0.1, 0.15) is 17.7 Å². The Morgan fingerprint density at radius 1 is 1.20 bits per heavy atom. The van der Waals surface area contributed by atoms with Crippen molar-refractivity contribution in [3.8, 4) is 5.75 Å². The maximum atomic E-state index is 13.9. The molecule has 0 saturated carbocycles. The molecule has 0 radical (unpaired) electrons. The first-order valence-corrected chi connectivity index (χ1v) is 7.67. The van der Waals surface area contributed by atoms with E-state index in [4.69, 9.17) is 4.74 Å². The topological polar surface area (TPSA) is 29.5 Å². The Labute approximate surface area is 133 Å². The molecule has 2 aromatic rings. The Balaban J connectivity index is 2.39. The number of halogens is 3. The summed E-state index contributed by atoms with van der Waals surface area (Å²) in [6.45, 7) is 2.45. The summed E-state index contributed by atoms with van der Waals surface area (Å²) in [6.07, 6.45) is -1.04. The van der Waals surface area contributed by atoms with Crippen molar-refractivity contribution >= 4 is 31.9 Å². The van der Waals surface area contributed by atoms with Crippen LogP contribution in [0.5, 0.6) is 5.75 Å². The normalized spacial score (nSPS) is 12.2. The highest BCUT2D eigenvalue weighted by atomic mass is 79.9. The van der Waals surface area contributed by atoms with Gasteiger partial charge in [0.15, 0.2) is 0 Å². The molecule has 0 aliphatic rings. The molecular weight excluding hydrogens is 391 g/mol. The van der Waals surface area contributed by atoms with Crippen LogP contribution >= 0.6 is 31.9 Å². The zero-order chi connectivity index (χ0) is 14.7.